The highest BCUT2D eigenvalue weighted by Crippen LogP contribution is 2.26. The third-order valence-electron chi connectivity index (χ3n) is 4.78. The Bertz CT molecular complexity index is 1080. The van der Waals surface area contributed by atoms with E-state index in [4.69, 9.17) is 0 Å². The van der Waals surface area contributed by atoms with Gasteiger partial charge in [0.2, 0.25) is 15.8 Å². The average molecular weight is 418 g/mol. The normalized spacial score (nSPS) is 14.3. The number of aromatic nitrogens is 4. The number of aliphatic hydroxyl groups excluding tert-OH is 1. The minimum Gasteiger partial charge on any atom is -0.391 e. The first-order valence-corrected chi connectivity index (χ1v) is 11.3. The van der Waals surface area contributed by atoms with Gasteiger partial charge in [0.1, 0.15) is 5.52 Å². The Labute approximate surface area is 171 Å². The molecule has 1 unspecified atom stereocenters. The molecule has 0 aliphatic carbocycles. The van der Waals surface area contributed by atoms with E-state index in [2.05, 4.69) is 20.3 Å². The molecule has 0 bridgehead atoms. The quantitative estimate of drug-likeness (QED) is 0.542. The van der Waals surface area contributed by atoms with Gasteiger partial charge in [-0.1, -0.05) is 37.3 Å². The molecule has 9 heteroatoms. The summed E-state index contributed by atoms with van der Waals surface area (Å²) in [7, 11) is -3.77. The molecule has 0 saturated heterocycles. The highest BCUT2D eigenvalue weighted by molar-refractivity contribution is 7.90. The zero-order valence-corrected chi connectivity index (χ0v) is 17.9. The SMILES string of the molecule is CC[C@H](Nc1nc(S(=O)(=O)Cc2ccccc2)c2ncn(C(C)C)c2n1)C(C)O. The van der Waals surface area contributed by atoms with Crippen molar-refractivity contribution in [3.8, 4) is 0 Å². The molecule has 3 rings (SSSR count). The summed E-state index contributed by atoms with van der Waals surface area (Å²) in [4.78, 5) is 13.1. The first-order chi connectivity index (χ1) is 13.7. The monoisotopic (exact) mass is 417 g/mol. The summed E-state index contributed by atoms with van der Waals surface area (Å²) >= 11 is 0. The topological polar surface area (TPSA) is 110 Å². The van der Waals surface area contributed by atoms with E-state index in [1.165, 1.54) is 0 Å². The fraction of sp³-hybridized carbons (Fsp3) is 0.450. The smallest absolute Gasteiger partial charge is 0.226 e. The molecule has 0 radical (unpaired) electrons. The van der Waals surface area contributed by atoms with Gasteiger partial charge in [0, 0.05) is 6.04 Å². The Hall–Kier alpha value is -2.52. The molecule has 8 nitrogen and oxygen atoms in total. The maximum Gasteiger partial charge on any atom is 0.226 e. The van der Waals surface area contributed by atoms with E-state index >= 15 is 0 Å². The first-order valence-electron chi connectivity index (χ1n) is 9.68. The Kier molecular flexibility index (Phi) is 6.18. The summed E-state index contributed by atoms with van der Waals surface area (Å²) in [6, 6.07) is 8.72. The van der Waals surface area contributed by atoms with Crippen LogP contribution in [0.15, 0.2) is 41.7 Å². The number of nitrogens with one attached hydrogen (secondary N) is 1. The van der Waals surface area contributed by atoms with Crippen LogP contribution in [-0.2, 0) is 15.6 Å². The van der Waals surface area contributed by atoms with Crippen LogP contribution in [0.25, 0.3) is 11.2 Å². The van der Waals surface area contributed by atoms with Crippen LogP contribution in [-0.4, -0.2) is 45.2 Å². The van der Waals surface area contributed by atoms with E-state index in [1.807, 2.05) is 31.4 Å². The molecule has 3 aromatic rings. The van der Waals surface area contributed by atoms with E-state index in [9.17, 15) is 13.5 Å². The second-order valence-corrected chi connectivity index (χ2v) is 9.32. The second kappa shape index (κ2) is 8.46. The third-order valence-corrected chi connectivity index (χ3v) is 6.36. The van der Waals surface area contributed by atoms with Gasteiger partial charge in [-0.25, -0.2) is 13.4 Å². The Balaban J connectivity index is 2.14. The fourth-order valence-corrected chi connectivity index (χ4v) is 4.57. The van der Waals surface area contributed by atoms with Crippen molar-refractivity contribution in [2.24, 2.45) is 0 Å². The second-order valence-electron chi connectivity index (χ2n) is 7.41. The van der Waals surface area contributed by atoms with Crippen LogP contribution in [0.2, 0.25) is 0 Å². The van der Waals surface area contributed by atoms with E-state index in [-0.39, 0.29) is 34.3 Å². The molecule has 0 aliphatic rings. The maximum atomic E-state index is 13.2. The number of benzene rings is 1. The molecule has 0 fully saturated rings. The molecule has 1 aromatic carbocycles. The van der Waals surface area contributed by atoms with E-state index in [1.54, 1.807) is 37.5 Å². The van der Waals surface area contributed by atoms with Crippen molar-refractivity contribution in [3.05, 3.63) is 42.2 Å². The van der Waals surface area contributed by atoms with Gasteiger partial charge in [-0.3, -0.25) is 0 Å². The number of anilines is 1. The van der Waals surface area contributed by atoms with Crippen molar-refractivity contribution < 1.29 is 13.5 Å². The number of rotatable bonds is 8. The summed E-state index contributed by atoms with van der Waals surface area (Å²) in [5.74, 6) is -0.0130. The molecule has 2 atom stereocenters. The Morgan fingerprint density at radius 1 is 1.14 bits per heavy atom. The lowest BCUT2D eigenvalue weighted by Crippen LogP contribution is -2.31. The van der Waals surface area contributed by atoms with Crippen molar-refractivity contribution in [3.63, 3.8) is 0 Å². The number of sulfone groups is 1. The van der Waals surface area contributed by atoms with E-state index < -0.39 is 15.9 Å². The number of imidazole rings is 1. The largest absolute Gasteiger partial charge is 0.391 e. The van der Waals surface area contributed by atoms with Gasteiger partial charge in [0.05, 0.1) is 24.2 Å². The molecule has 29 heavy (non-hydrogen) atoms. The molecule has 156 valence electrons. The summed E-state index contributed by atoms with van der Waals surface area (Å²) in [5.41, 5.74) is 1.38. The van der Waals surface area contributed by atoms with Crippen molar-refractivity contribution in [1.29, 1.82) is 0 Å². The molecular formula is C20H27N5O3S. The van der Waals surface area contributed by atoms with Crippen molar-refractivity contribution >= 4 is 26.9 Å². The van der Waals surface area contributed by atoms with Gasteiger partial charge in [-0.05, 0) is 32.8 Å². The van der Waals surface area contributed by atoms with Gasteiger partial charge < -0.3 is 15.0 Å². The molecule has 2 N–H and O–H groups in total. The lowest BCUT2D eigenvalue weighted by Gasteiger charge is -2.20. The minimum absolute atomic E-state index is 0.0474. The van der Waals surface area contributed by atoms with Crippen LogP contribution in [0.3, 0.4) is 0 Å². The van der Waals surface area contributed by atoms with Gasteiger partial charge in [-0.2, -0.15) is 9.97 Å². The zero-order valence-electron chi connectivity index (χ0n) is 17.1. The van der Waals surface area contributed by atoms with Crippen molar-refractivity contribution in [2.75, 3.05) is 5.32 Å². The maximum absolute atomic E-state index is 13.2. The molecule has 0 saturated carbocycles. The van der Waals surface area contributed by atoms with Crippen molar-refractivity contribution in [1.82, 2.24) is 19.5 Å². The number of hydrogen-bond acceptors (Lipinski definition) is 7. The molecule has 0 spiro atoms. The van der Waals surface area contributed by atoms with Crippen LogP contribution in [0.4, 0.5) is 5.95 Å². The molecule has 2 heterocycles. The van der Waals surface area contributed by atoms with Crippen LogP contribution >= 0.6 is 0 Å². The van der Waals surface area contributed by atoms with Crippen LogP contribution in [0, 0.1) is 0 Å². The van der Waals surface area contributed by atoms with Gasteiger partial charge in [0.15, 0.2) is 10.7 Å². The lowest BCUT2D eigenvalue weighted by molar-refractivity contribution is 0.169. The lowest BCUT2D eigenvalue weighted by atomic mass is 10.1. The minimum atomic E-state index is -3.77. The number of fused-ring (bicyclic) bond motifs is 1. The number of aliphatic hydroxyl groups is 1. The third kappa shape index (κ3) is 4.56. The van der Waals surface area contributed by atoms with Crippen molar-refractivity contribution in [2.45, 2.75) is 63.1 Å². The summed E-state index contributed by atoms with van der Waals surface area (Å²) < 4.78 is 28.3. The molecule has 2 aromatic heterocycles. The molecular weight excluding hydrogens is 390 g/mol. The van der Waals surface area contributed by atoms with Crippen LogP contribution < -0.4 is 5.32 Å². The van der Waals surface area contributed by atoms with Crippen LogP contribution in [0.1, 0.15) is 45.7 Å². The van der Waals surface area contributed by atoms with Gasteiger partial charge >= 0.3 is 0 Å². The van der Waals surface area contributed by atoms with E-state index in [0.717, 1.165) is 0 Å². The summed E-state index contributed by atoms with van der Waals surface area (Å²) in [5, 5.41) is 12.9. The fourth-order valence-electron chi connectivity index (χ4n) is 3.14. The van der Waals surface area contributed by atoms with Gasteiger partial charge in [-0.15, -0.1) is 0 Å². The van der Waals surface area contributed by atoms with Gasteiger partial charge in [0.25, 0.3) is 0 Å². The standard InChI is InChI=1S/C20H27N5O3S/c1-5-16(14(4)26)22-20-23-18-17(21-12-25(18)13(2)3)19(24-20)29(27,28)11-15-9-7-6-8-10-15/h6-10,12-14,16,26H,5,11H2,1-4H3,(H,22,23,24)/t14?,16-/m0/s1. The predicted molar refractivity (Wildman–Crippen MR) is 112 cm³/mol. The van der Waals surface area contributed by atoms with Crippen LogP contribution in [0.5, 0.6) is 0 Å². The molecule has 0 amide bonds. The highest BCUT2D eigenvalue weighted by Gasteiger charge is 2.26. The summed E-state index contributed by atoms with van der Waals surface area (Å²) in [6.45, 7) is 7.54. The predicted octanol–water partition coefficient (Wildman–Crippen LogP) is 2.95. The highest BCUT2D eigenvalue weighted by atomic mass is 32.2. The Morgan fingerprint density at radius 2 is 1.83 bits per heavy atom. The number of hydrogen-bond donors (Lipinski definition) is 2. The molecule has 0 aliphatic heterocycles. The summed E-state index contributed by atoms with van der Waals surface area (Å²) in [6.07, 6.45) is 1.58. The zero-order chi connectivity index (χ0) is 21.2. The van der Waals surface area contributed by atoms with E-state index in [0.29, 0.717) is 17.6 Å². The number of nitrogens with zero attached hydrogens (tertiary/aromatic N) is 4. The average Bonchev–Trinajstić information content (AvgIpc) is 3.09. The Morgan fingerprint density at radius 3 is 2.41 bits per heavy atom. The first kappa shape index (κ1) is 21.2.